The highest BCUT2D eigenvalue weighted by Gasteiger charge is 2.31. The van der Waals surface area contributed by atoms with Crippen LogP contribution >= 0.6 is 11.8 Å². The van der Waals surface area contributed by atoms with Crippen molar-refractivity contribution in [1.29, 1.82) is 0 Å². The highest BCUT2D eigenvalue weighted by atomic mass is 32.2. The maximum Gasteiger partial charge on any atom is 0.243 e. The number of carbonyl (C=O) groups excluding carboxylic acids is 1. The molecular weight excluding hydrogens is 456 g/mol. The lowest BCUT2D eigenvalue weighted by molar-refractivity contribution is -0.131. The Hall–Kier alpha value is -2.75. The summed E-state index contributed by atoms with van der Waals surface area (Å²) in [7, 11) is -3.55. The molecule has 0 aliphatic carbocycles. The number of carbonyl (C=O) groups is 1. The molecule has 0 spiro atoms. The lowest BCUT2D eigenvalue weighted by Crippen LogP contribution is -2.52. The van der Waals surface area contributed by atoms with E-state index in [1.165, 1.54) is 16.1 Å². The highest BCUT2D eigenvalue weighted by molar-refractivity contribution is 8.00. The molecular formula is C24H26N4O3S2. The number of hydrogen-bond acceptors (Lipinski definition) is 6. The van der Waals surface area contributed by atoms with E-state index >= 15 is 0 Å². The molecule has 9 heteroatoms. The minimum atomic E-state index is -3.55. The summed E-state index contributed by atoms with van der Waals surface area (Å²) < 4.78 is 27.1. The van der Waals surface area contributed by atoms with Gasteiger partial charge in [0.15, 0.2) is 5.16 Å². The van der Waals surface area contributed by atoms with Crippen molar-refractivity contribution in [3.05, 3.63) is 72.4 Å². The van der Waals surface area contributed by atoms with Gasteiger partial charge in [0.1, 0.15) is 0 Å². The van der Waals surface area contributed by atoms with Gasteiger partial charge in [-0.3, -0.25) is 4.79 Å². The molecule has 1 fully saturated rings. The Kier molecular flexibility index (Phi) is 7.11. The first-order valence-corrected chi connectivity index (χ1v) is 13.1. The first-order valence-electron chi connectivity index (χ1n) is 10.8. The summed E-state index contributed by atoms with van der Waals surface area (Å²) in [6, 6.07) is 20.2. The van der Waals surface area contributed by atoms with Crippen molar-refractivity contribution >= 4 is 27.7 Å². The number of aryl methyl sites for hydroxylation is 1. The smallest absolute Gasteiger partial charge is 0.243 e. The lowest BCUT2D eigenvalue weighted by atomic mass is 10.1. The molecule has 4 rings (SSSR count). The zero-order valence-corrected chi connectivity index (χ0v) is 20.2. The van der Waals surface area contributed by atoms with Gasteiger partial charge in [-0.05, 0) is 32.0 Å². The average molecular weight is 483 g/mol. The molecule has 7 nitrogen and oxygen atoms in total. The van der Waals surface area contributed by atoms with Gasteiger partial charge in [0.2, 0.25) is 15.9 Å². The number of hydrogen-bond donors (Lipinski definition) is 0. The van der Waals surface area contributed by atoms with Crippen molar-refractivity contribution in [3.63, 3.8) is 0 Å². The molecule has 1 aliphatic heterocycles. The third kappa shape index (κ3) is 5.43. The summed E-state index contributed by atoms with van der Waals surface area (Å²) in [4.78, 5) is 24.2. The Labute approximate surface area is 198 Å². The molecule has 3 aromatic rings. The van der Waals surface area contributed by atoms with E-state index in [1.807, 2.05) is 50.2 Å². The van der Waals surface area contributed by atoms with Gasteiger partial charge in [-0.25, -0.2) is 18.4 Å². The highest BCUT2D eigenvalue weighted by Crippen LogP contribution is 2.26. The first-order chi connectivity index (χ1) is 15.8. The zero-order valence-electron chi connectivity index (χ0n) is 18.6. The van der Waals surface area contributed by atoms with Gasteiger partial charge in [-0.15, -0.1) is 0 Å². The molecule has 1 atom stereocenters. The largest absolute Gasteiger partial charge is 0.339 e. The minimum absolute atomic E-state index is 0.0388. The number of nitrogens with zero attached hydrogens (tertiary/aromatic N) is 4. The van der Waals surface area contributed by atoms with Gasteiger partial charge in [0.05, 0.1) is 15.8 Å². The molecule has 1 aliphatic rings. The van der Waals surface area contributed by atoms with Gasteiger partial charge < -0.3 is 4.90 Å². The number of aromatic nitrogens is 2. The van der Waals surface area contributed by atoms with Crippen LogP contribution in [0.15, 0.2) is 76.8 Å². The van der Waals surface area contributed by atoms with Crippen molar-refractivity contribution in [1.82, 2.24) is 19.2 Å². The molecule has 1 aromatic heterocycles. The van der Waals surface area contributed by atoms with Gasteiger partial charge in [-0.2, -0.15) is 4.31 Å². The van der Waals surface area contributed by atoms with Crippen LogP contribution in [-0.4, -0.2) is 64.9 Å². The Morgan fingerprint density at radius 3 is 2.18 bits per heavy atom. The fourth-order valence-electron chi connectivity index (χ4n) is 3.71. The molecule has 1 amide bonds. The Morgan fingerprint density at radius 1 is 0.939 bits per heavy atom. The van der Waals surface area contributed by atoms with E-state index in [1.54, 1.807) is 35.2 Å². The molecule has 0 bridgehead atoms. The van der Waals surface area contributed by atoms with Gasteiger partial charge in [-0.1, -0.05) is 60.3 Å². The second-order valence-corrected chi connectivity index (χ2v) is 11.1. The number of benzene rings is 2. The number of sulfonamides is 1. The first kappa shape index (κ1) is 23.4. The molecule has 1 unspecified atom stereocenters. The topological polar surface area (TPSA) is 83.5 Å². The number of rotatable bonds is 6. The standard InChI is InChI=1S/C24H26N4O3S2/c1-18-17-22(20-9-5-3-6-10-20)26-24(25-18)32-19(2)23(29)27-13-15-28(16-14-27)33(30,31)21-11-7-4-8-12-21/h3-12,17,19H,13-16H2,1-2H3. The summed E-state index contributed by atoms with van der Waals surface area (Å²) in [6.07, 6.45) is 0. The Balaban J connectivity index is 1.39. The fourth-order valence-corrected chi connectivity index (χ4v) is 6.06. The number of amides is 1. The van der Waals surface area contributed by atoms with E-state index in [9.17, 15) is 13.2 Å². The van der Waals surface area contributed by atoms with Crippen molar-refractivity contribution < 1.29 is 13.2 Å². The van der Waals surface area contributed by atoms with Crippen molar-refractivity contribution in [2.45, 2.75) is 29.1 Å². The number of piperazine rings is 1. The Morgan fingerprint density at radius 2 is 1.55 bits per heavy atom. The molecule has 172 valence electrons. The maximum absolute atomic E-state index is 13.1. The Bertz CT molecular complexity index is 1210. The van der Waals surface area contributed by atoms with E-state index < -0.39 is 10.0 Å². The summed E-state index contributed by atoms with van der Waals surface area (Å²) in [5.41, 5.74) is 2.66. The van der Waals surface area contributed by atoms with Gasteiger partial charge in [0.25, 0.3) is 0 Å². The van der Waals surface area contributed by atoms with Crippen molar-refractivity contribution in [3.8, 4) is 11.3 Å². The second kappa shape index (κ2) is 10.0. The predicted molar refractivity (Wildman–Crippen MR) is 129 cm³/mol. The van der Waals surface area contributed by atoms with Crippen molar-refractivity contribution in [2.75, 3.05) is 26.2 Å². The van der Waals surface area contributed by atoms with E-state index in [2.05, 4.69) is 9.97 Å². The monoisotopic (exact) mass is 482 g/mol. The average Bonchev–Trinajstić information content (AvgIpc) is 2.84. The predicted octanol–water partition coefficient (Wildman–Crippen LogP) is 3.47. The molecule has 0 saturated carbocycles. The molecule has 0 N–H and O–H groups in total. The van der Waals surface area contributed by atoms with Gasteiger partial charge >= 0.3 is 0 Å². The van der Waals surface area contributed by atoms with E-state index in [0.29, 0.717) is 18.2 Å². The summed E-state index contributed by atoms with van der Waals surface area (Å²) >= 11 is 1.33. The van der Waals surface area contributed by atoms with Crippen LogP contribution in [0.2, 0.25) is 0 Å². The van der Waals surface area contributed by atoms with E-state index in [4.69, 9.17) is 0 Å². The third-order valence-corrected chi connectivity index (χ3v) is 8.33. The fraction of sp³-hybridized carbons (Fsp3) is 0.292. The van der Waals surface area contributed by atoms with Crippen LogP contribution in [0.3, 0.4) is 0 Å². The molecule has 33 heavy (non-hydrogen) atoms. The quantitative estimate of drug-likeness (QED) is 0.395. The molecule has 0 radical (unpaired) electrons. The second-order valence-electron chi connectivity index (χ2n) is 7.85. The lowest BCUT2D eigenvalue weighted by Gasteiger charge is -2.35. The van der Waals surface area contributed by atoms with Crippen LogP contribution in [0, 0.1) is 6.92 Å². The molecule has 1 saturated heterocycles. The molecule has 2 aromatic carbocycles. The van der Waals surface area contributed by atoms with Crippen molar-refractivity contribution in [2.24, 2.45) is 0 Å². The normalized spacial score (nSPS) is 15.9. The number of thioether (sulfide) groups is 1. The molecule has 2 heterocycles. The van der Waals surface area contributed by atoms with Crippen LogP contribution in [0.25, 0.3) is 11.3 Å². The zero-order chi connectivity index (χ0) is 23.4. The van der Waals surface area contributed by atoms with E-state index in [0.717, 1.165) is 17.0 Å². The van der Waals surface area contributed by atoms with Crippen LogP contribution in [0.1, 0.15) is 12.6 Å². The van der Waals surface area contributed by atoms with Gasteiger partial charge in [0, 0.05) is 37.4 Å². The van der Waals surface area contributed by atoms with Crippen LogP contribution in [0.4, 0.5) is 0 Å². The van der Waals surface area contributed by atoms with E-state index in [-0.39, 0.29) is 29.1 Å². The van der Waals surface area contributed by atoms with Crippen LogP contribution in [-0.2, 0) is 14.8 Å². The minimum Gasteiger partial charge on any atom is -0.339 e. The maximum atomic E-state index is 13.1. The summed E-state index contributed by atoms with van der Waals surface area (Å²) in [6.45, 7) is 5.03. The third-order valence-electron chi connectivity index (χ3n) is 5.46. The van der Waals surface area contributed by atoms with Crippen LogP contribution < -0.4 is 0 Å². The van der Waals surface area contributed by atoms with Crippen LogP contribution in [0.5, 0.6) is 0 Å². The summed E-state index contributed by atoms with van der Waals surface area (Å²) in [5, 5.41) is 0.174. The SMILES string of the molecule is Cc1cc(-c2ccccc2)nc(SC(C)C(=O)N2CCN(S(=O)(=O)c3ccccc3)CC2)n1. The summed E-state index contributed by atoms with van der Waals surface area (Å²) in [5.74, 6) is -0.0388.